The van der Waals surface area contributed by atoms with Crippen molar-refractivity contribution in [1.29, 1.82) is 0 Å². The molecule has 142 valence electrons. The number of nitrogens with one attached hydrogen (secondary N) is 2. The van der Waals surface area contributed by atoms with Gasteiger partial charge < -0.3 is 29.9 Å². The van der Waals surface area contributed by atoms with Gasteiger partial charge in [0.05, 0.1) is 37.8 Å². The van der Waals surface area contributed by atoms with E-state index < -0.39 is 0 Å². The maximum Gasteiger partial charge on any atom is 0.171 e. The molecule has 0 radical (unpaired) electrons. The molecule has 2 fully saturated rings. The van der Waals surface area contributed by atoms with E-state index in [1.165, 1.54) is 5.69 Å². The zero-order valence-corrected chi connectivity index (χ0v) is 16.2. The highest BCUT2D eigenvalue weighted by Crippen LogP contribution is 2.32. The highest BCUT2D eigenvalue weighted by molar-refractivity contribution is 7.80. The molecule has 26 heavy (non-hydrogen) atoms. The summed E-state index contributed by atoms with van der Waals surface area (Å²) in [4.78, 5) is 4.73. The summed E-state index contributed by atoms with van der Waals surface area (Å²) in [7, 11) is 0. The van der Waals surface area contributed by atoms with Crippen molar-refractivity contribution in [3.63, 3.8) is 0 Å². The summed E-state index contributed by atoms with van der Waals surface area (Å²) in [6.07, 6.45) is 0. The Labute approximate surface area is 161 Å². The van der Waals surface area contributed by atoms with Gasteiger partial charge in [0.2, 0.25) is 0 Å². The van der Waals surface area contributed by atoms with Gasteiger partial charge in [-0.2, -0.15) is 0 Å². The van der Waals surface area contributed by atoms with Crippen LogP contribution in [0.2, 0.25) is 0 Å². The molecule has 1 aromatic rings. The Morgan fingerprint density at radius 1 is 1.08 bits per heavy atom. The lowest BCUT2D eigenvalue weighted by Gasteiger charge is -2.33. The number of benzene rings is 1. The second kappa shape index (κ2) is 9.21. The van der Waals surface area contributed by atoms with E-state index in [1.807, 2.05) is 6.92 Å². The van der Waals surface area contributed by atoms with Crippen LogP contribution in [-0.4, -0.2) is 64.3 Å². The third kappa shape index (κ3) is 5.09. The molecule has 0 saturated carbocycles. The molecule has 0 atom stereocenters. The molecule has 1 aromatic carbocycles. The number of morpholine rings is 2. The van der Waals surface area contributed by atoms with Crippen molar-refractivity contribution in [1.82, 2.24) is 5.32 Å². The molecule has 6 nitrogen and oxygen atoms in total. The van der Waals surface area contributed by atoms with Crippen molar-refractivity contribution < 1.29 is 9.47 Å². The van der Waals surface area contributed by atoms with Gasteiger partial charge in [-0.15, -0.1) is 0 Å². The number of hydrogen-bond donors (Lipinski definition) is 2. The fourth-order valence-corrected chi connectivity index (χ4v) is 3.29. The van der Waals surface area contributed by atoms with Crippen LogP contribution in [0.25, 0.3) is 0 Å². The van der Waals surface area contributed by atoms with Crippen LogP contribution in [0.1, 0.15) is 6.92 Å². The molecule has 0 aromatic heterocycles. The van der Waals surface area contributed by atoms with E-state index in [0.717, 1.165) is 69.6 Å². The summed E-state index contributed by atoms with van der Waals surface area (Å²) < 4.78 is 11.0. The molecule has 0 amide bonds. The van der Waals surface area contributed by atoms with Crippen molar-refractivity contribution in [2.75, 3.05) is 74.3 Å². The average molecular weight is 377 g/mol. The molecule has 0 spiro atoms. The third-order valence-electron chi connectivity index (χ3n) is 4.51. The number of ether oxygens (including phenoxy) is 2. The molecule has 0 aliphatic carbocycles. The van der Waals surface area contributed by atoms with E-state index >= 15 is 0 Å². The molecule has 2 N–H and O–H groups in total. The largest absolute Gasteiger partial charge is 0.378 e. The van der Waals surface area contributed by atoms with Gasteiger partial charge in [-0.05, 0) is 37.3 Å². The Morgan fingerprint density at radius 3 is 2.31 bits per heavy atom. The molecule has 2 aliphatic rings. The van der Waals surface area contributed by atoms with Gasteiger partial charge in [0, 0.05) is 38.4 Å². The fourth-order valence-electron chi connectivity index (χ4n) is 3.11. The van der Waals surface area contributed by atoms with Crippen LogP contribution in [-0.2, 0) is 9.47 Å². The maximum atomic E-state index is 5.52. The Hall–Kier alpha value is -1.83. The minimum atomic E-state index is 0.613. The zero-order valence-electron chi connectivity index (χ0n) is 15.4. The number of hydrogen-bond acceptors (Lipinski definition) is 5. The van der Waals surface area contributed by atoms with Crippen LogP contribution in [0.3, 0.4) is 0 Å². The first-order chi connectivity index (χ1) is 12.6. The predicted molar refractivity (Wildman–Crippen MR) is 112 cm³/mol. The van der Waals surface area contributed by atoms with E-state index in [4.69, 9.17) is 21.7 Å². The van der Waals surface area contributed by atoms with Crippen molar-refractivity contribution in [2.24, 2.45) is 0 Å². The van der Waals surface area contributed by atoms with E-state index in [2.05, 4.69) is 45.2 Å². The molecule has 3 rings (SSSR count). The van der Waals surface area contributed by atoms with Gasteiger partial charge in [0.1, 0.15) is 0 Å². The maximum absolute atomic E-state index is 5.52. The highest BCUT2D eigenvalue weighted by Gasteiger charge is 2.19. The van der Waals surface area contributed by atoms with Gasteiger partial charge in [-0.25, -0.2) is 0 Å². The Balaban J connectivity index is 1.79. The molecular weight excluding hydrogens is 348 g/mol. The first-order valence-electron chi connectivity index (χ1n) is 9.12. The van der Waals surface area contributed by atoms with Crippen LogP contribution in [0.4, 0.5) is 17.1 Å². The molecule has 0 unspecified atom stereocenters. The summed E-state index contributed by atoms with van der Waals surface area (Å²) in [6.45, 7) is 13.2. The van der Waals surface area contributed by atoms with Crippen LogP contribution < -0.4 is 20.4 Å². The Bertz CT molecular complexity index is 640. The summed E-state index contributed by atoms with van der Waals surface area (Å²) >= 11 is 5.44. The number of anilines is 3. The minimum absolute atomic E-state index is 0.613. The second-order valence-corrected chi connectivity index (χ2v) is 7.07. The van der Waals surface area contributed by atoms with Crippen molar-refractivity contribution >= 4 is 34.4 Å². The van der Waals surface area contributed by atoms with Gasteiger partial charge in [0.15, 0.2) is 5.11 Å². The summed E-state index contributed by atoms with van der Waals surface area (Å²) in [5, 5.41) is 7.15. The summed E-state index contributed by atoms with van der Waals surface area (Å²) in [5.74, 6) is 0. The van der Waals surface area contributed by atoms with E-state index in [9.17, 15) is 0 Å². The monoisotopic (exact) mass is 376 g/mol. The van der Waals surface area contributed by atoms with Crippen molar-refractivity contribution in [3.8, 4) is 0 Å². The molecule has 2 heterocycles. The second-order valence-electron chi connectivity index (χ2n) is 6.67. The van der Waals surface area contributed by atoms with Crippen LogP contribution >= 0.6 is 12.2 Å². The number of rotatable bonds is 5. The topological polar surface area (TPSA) is 49.0 Å². The Kier molecular flexibility index (Phi) is 6.71. The SMILES string of the molecule is C=C(C)CNC(=S)Nc1ccc(N2CCOCC2)cc1N1CCOCC1. The van der Waals surface area contributed by atoms with Crippen LogP contribution in [0, 0.1) is 0 Å². The Morgan fingerprint density at radius 2 is 1.69 bits per heavy atom. The number of thiocarbonyl (C=S) groups is 1. The van der Waals surface area contributed by atoms with E-state index in [-0.39, 0.29) is 0 Å². The first kappa shape index (κ1) is 18.9. The van der Waals surface area contributed by atoms with E-state index in [1.54, 1.807) is 0 Å². The first-order valence-corrected chi connectivity index (χ1v) is 9.53. The zero-order chi connectivity index (χ0) is 18.4. The predicted octanol–water partition coefficient (Wildman–Crippen LogP) is 2.22. The summed E-state index contributed by atoms with van der Waals surface area (Å²) in [6, 6.07) is 6.52. The minimum Gasteiger partial charge on any atom is -0.378 e. The smallest absolute Gasteiger partial charge is 0.171 e. The van der Waals surface area contributed by atoms with Gasteiger partial charge in [-0.3, -0.25) is 0 Å². The third-order valence-corrected chi connectivity index (χ3v) is 4.75. The molecule has 7 heteroatoms. The fraction of sp³-hybridized carbons (Fsp3) is 0.526. The van der Waals surface area contributed by atoms with Gasteiger partial charge >= 0.3 is 0 Å². The standard InChI is InChI=1S/C19H28N4O2S/c1-15(2)14-20-19(26)21-17-4-3-16(22-5-9-24-10-6-22)13-18(17)23-7-11-25-12-8-23/h3-4,13H,1,5-12,14H2,2H3,(H2,20,21,26). The van der Waals surface area contributed by atoms with Crippen LogP contribution in [0.15, 0.2) is 30.4 Å². The quantitative estimate of drug-likeness (QED) is 0.604. The lowest BCUT2D eigenvalue weighted by Crippen LogP contribution is -2.38. The van der Waals surface area contributed by atoms with Crippen LogP contribution in [0.5, 0.6) is 0 Å². The molecular formula is C19H28N4O2S. The normalized spacial score (nSPS) is 17.7. The lowest BCUT2D eigenvalue weighted by atomic mass is 10.2. The molecule has 2 saturated heterocycles. The van der Waals surface area contributed by atoms with E-state index in [0.29, 0.717) is 11.7 Å². The van der Waals surface area contributed by atoms with Gasteiger partial charge in [0.25, 0.3) is 0 Å². The van der Waals surface area contributed by atoms with Crippen molar-refractivity contribution in [3.05, 3.63) is 30.4 Å². The highest BCUT2D eigenvalue weighted by atomic mass is 32.1. The lowest BCUT2D eigenvalue weighted by molar-refractivity contribution is 0.122. The number of nitrogens with zero attached hydrogens (tertiary/aromatic N) is 2. The van der Waals surface area contributed by atoms with Crippen molar-refractivity contribution in [2.45, 2.75) is 6.92 Å². The summed E-state index contributed by atoms with van der Waals surface area (Å²) in [5.41, 5.74) is 4.45. The molecule has 0 bridgehead atoms. The van der Waals surface area contributed by atoms with Gasteiger partial charge in [-0.1, -0.05) is 12.2 Å². The average Bonchev–Trinajstić information content (AvgIpc) is 2.68. The molecule has 2 aliphatic heterocycles.